The molecule has 0 bridgehead atoms. The van der Waals surface area contributed by atoms with Crippen molar-refractivity contribution >= 4 is 11.8 Å². The molecule has 0 radical (unpaired) electrons. The molecule has 0 aromatic heterocycles. The van der Waals surface area contributed by atoms with E-state index in [0.717, 1.165) is 0 Å². The molecule has 0 saturated heterocycles. The average Bonchev–Trinajstić information content (AvgIpc) is 2.35. The van der Waals surface area contributed by atoms with E-state index in [1.807, 2.05) is 12.1 Å². The maximum atomic E-state index is 10.4. The Morgan fingerprint density at radius 2 is 2.18 bits per heavy atom. The third kappa shape index (κ3) is 2.66. The van der Waals surface area contributed by atoms with Crippen LogP contribution < -0.4 is 15.2 Å². The second-order valence-electron chi connectivity index (χ2n) is 3.50. The van der Waals surface area contributed by atoms with E-state index in [-0.39, 0.29) is 19.0 Å². The minimum absolute atomic E-state index is 0.127. The van der Waals surface area contributed by atoms with Crippen molar-refractivity contribution in [3.8, 4) is 11.5 Å². The van der Waals surface area contributed by atoms with Gasteiger partial charge in [0.1, 0.15) is 19.0 Å². The van der Waals surface area contributed by atoms with Gasteiger partial charge in [-0.05, 0) is 12.1 Å². The highest BCUT2D eigenvalue weighted by atomic mass is 16.6. The van der Waals surface area contributed by atoms with Gasteiger partial charge in [-0.15, -0.1) is 0 Å². The highest BCUT2D eigenvalue weighted by Gasteiger charge is 2.23. The quantitative estimate of drug-likeness (QED) is 0.580. The fraction of sp³-hybridized carbons (Fsp3) is 0.273. The summed E-state index contributed by atoms with van der Waals surface area (Å²) in [4.78, 5) is 14.1. The van der Waals surface area contributed by atoms with Gasteiger partial charge in [0, 0.05) is 0 Å². The van der Waals surface area contributed by atoms with Gasteiger partial charge in [0.15, 0.2) is 17.6 Å². The molecule has 3 N–H and O–H groups in total. The molecule has 0 fully saturated rings. The number of carboxylic acid groups (broad SMARTS) is 1. The molecule has 6 heteroatoms. The second-order valence-corrected chi connectivity index (χ2v) is 3.50. The normalized spacial score (nSPS) is 18.8. The van der Waals surface area contributed by atoms with Crippen molar-refractivity contribution in [2.45, 2.75) is 6.10 Å². The largest absolute Gasteiger partial charge is 0.485 e. The van der Waals surface area contributed by atoms with Crippen LogP contribution in [0.2, 0.25) is 0 Å². The highest BCUT2D eigenvalue weighted by molar-refractivity contribution is 5.87. The molecule has 2 rings (SSSR count). The Bertz CT molecular complexity index is 459. The van der Waals surface area contributed by atoms with Crippen LogP contribution in [-0.2, 0) is 4.79 Å². The van der Waals surface area contributed by atoms with Crippen LogP contribution >= 0.6 is 0 Å². The van der Waals surface area contributed by atoms with Crippen molar-refractivity contribution in [3.05, 3.63) is 24.3 Å². The Morgan fingerprint density at radius 1 is 1.47 bits per heavy atom. The number of nitrogens with two attached hydrogens (primary N) is 1. The summed E-state index contributed by atoms with van der Waals surface area (Å²) in [6.45, 7) is -0.140. The minimum atomic E-state index is -1.04. The zero-order chi connectivity index (χ0) is 12.3. The third-order valence-corrected chi connectivity index (χ3v) is 2.24. The second kappa shape index (κ2) is 4.73. The Hall–Kier alpha value is -2.24. The number of carbonyl (C=O) groups is 1. The van der Waals surface area contributed by atoms with Crippen molar-refractivity contribution in [2.24, 2.45) is 10.7 Å². The van der Waals surface area contributed by atoms with Crippen LogP contribution in [-0.4, -0.2) is 36.2 Å². The number of aliphatic imine (C=N–C) groups is 1. The Morgan fingerprint density at radius 3 is 2.88 bits per heavy atom. The van der Waals surface area contributed by atoms with Crippen LogP contribution in [0.25, 0.3) is 0 Å². The van der Waals surface area contributed by atoms with E-state index in [1.54, 1.807) is 12.1 Å². The molecule has 0 amide bonds. The summed E-state index contributed by atoms with van der Waals surface area (Å²) < 4.78 is 11.0. The molecule has 1 unspecified atom stereocenters. The number of hydrogen-bond donors (Lipinski definition) is 2. The van der Waals surface area contributed by atoms with Gasteiger partial charge in [0.2, 0.25) is 0 Å². The lowest BCUT2D eigenvalue weighted by Crippen LogP contribution is -2.41. The van der Waals surface area contributed by atoms with Crippen LogP contribution in [0, 0.1) is 0 Å². The van der Waals surface area contributed by atoms with Gasteiger partial charge < -0.3 is 20.3 Å². The van der Waals surface area contributed by atoms with Crippen LogP contribution in [0.5, 0.6) is 11.5 Å². The number of aliphatic carboxylic acids is 1. The SMILES string of the molecule is NC(=NCC(=O)O)C1COc2ccccc2O1. The molecular weight excluding hydrogens is 224 g/mol. The molecule has 1 aliphatic rings. The number of para-hydroxylation sites is 2. The molecule has 1 atom stereocenters. The van der Waals surface area contributed by atoms with E-state index in [0.29, 0.717) is 11.5 Å². The fourth-order valence-corrected chi connectivity index (χ4v) is 1.43. The summed E-state index contributed by atoms with van der Waals surface area (Å²) in [6.07, 6.45) is -0.538. The van der Waals surface area contributed by atoms with Crippen LogP contribution in [0.3, 0.4) is 0 Å². The van der Waals surface area contributed by atoms with E-state index < -0.39 is 12.1 Å². The summed E-state index contributed by atoms with van der Waals surface area (Å²) in [6, 6.07) is 7.20. The molecule has 6 nitrogen and oxygen atoms in total. The molecular formula is C11H12N2O4. The highest BCUT2D eigenvalue weighted by Crippen LogP contribution is 2.30. The molecule has 1 aliphatic heterocycles. The number of benzene rings is 1. The van der Waals surface area contributed by atoms with Gasteiger partial charge in [-0.1, -0.05) is 12.1 Å². The predicted molar refractivity (Wildman–Crippen MR) is 60.5 cm³/mol. The van der Waals surface area contributed by atoms with E-state index in [2.05, 4.69) is 4.99 Å². The van der Waals surface area contributed by atoms with Gasteiger partial charge in [-0.2, -0.15) is 0 Å². The number of fused-ring (bicyclic) bond motifs is 1. The zero-order valence-corrected chi connectivity index (χ0v) is 9.00. The van der Waals surface area contributed by atoms with Crippen LogP contribution in [0.15, 0.2) is 29.3 Å². The Kier molecular flexibility index (Phi) is 3.13. The molecule has 17 heavy (non-hydrogen) atoms. The number of hydrogen-bond acceptors (Lipinski definition) is 4. The topological polar surface area (TPSA) is 94.1 Å². The molecule has 1 aromatic carbocycles. The number of ether oxygens (including phenoxy) is 2. The molecule has 0 aliphatic carbocycles. The minimum Gasteiger partial charge on any atom is -0.485 e. The number of rotatable bonds is 3. The van der Waals surface area contributed by atoms with Gasteiger partial charge in [0.25, 0.3) is 0 Å². The number of nitrogens with zero attached hydrogens (tertiary/aromatic N) is 1. The van der Waals surface area contributed by atoms with Crippen molar-refractivity contribution in [3.63, 3.8) is 0 Å². The van der Waals surface area contributed by atoms with E-state index in [4.69, 9.17) is 20.3 Å². The lowest BCUT2D eigenvalue weighted by atomic mass is 10.2. The van der Waals surface area contributed by atoms with Gasteiger partial charge in [0.05, 0.1) is 0 Å². The monoisotopic (exact) mass is 236 g/mol. The van der Waals surface area contributed by atoms with Crippen molar-refractivity contribution < 1.29 is 19.4 Å². The first-order chi connectivity index (χ1) is 8.16. The van der Waals surface area contributed by atoms with Crippen molar-refractivity contribution in [1.29, 1.82) is 0 Å². The molecule has 1 aromatic rings. The molecule has 1 heterocycles. The van der Waals surface area contributed by atoms with Crippen molar-refractivity contribution in [2.75, 3.05) is 13.2 Å². The summed E-state index contributed by atoms with van der Waals surface area (Å²) in [5.74, 6) is 0.319. The Labute approximate surface area is 97.7 Å². The predicted octanol–water partition coefficient (Wildman–Crippen LogP) is 0.268. The van der Waals surface area contributed by atoms with Crippen molar-refractivity contribution in [1.82, 2.24) is 0 Å². The first kappa shape index (κ1) is 11.3. The average molecular weight is 236 g/mol. The maximum Gasteiger partial charge on any atom is 0.325 e. The molecule has 0 spiro atoms. The number of amidine groups is 1. The maximum absolute atomic E-state index is 10.4. The van der Waals surface area contributed by atoms with Crippen LogP contribution in [0.4, 0.5) is 0 Å². The Balaban J connectivity index is 2.07. The summed E-state index contributed by atoms with van der Waals surface area (Å²) >= 11 is 0. The molecule has 90 valence electrons. The van der Waals surface area contributed by atoms with E-state index in [9.17, 15) is 4.79 Å². The summed E-state index contributed by atoms with van der Waals surface area (Å²) in [7, 11) is 0. The third-order valence-electron chi connectivity index (χ3n) is 2.24. The van der Waals surface area contributed by atoms with Gasteiger partial charge in [-0.3, -0.25) is 9.79 Å². The van der Waals surface area contributed by atoms with E-state index in [1.165, 1.54) is 0 Å². The zero-order valence-electron chi connectivity index (χ0n) is 9.00. The summed E-state index contributed by atoms with van der Waals surface area (Å²) in [5.41, 5.74) is 5.64. The molecule has 0 saturated carbocycles. The first-order valence-electron chi connectivity index (χ1n) is 5.07. The lowest BCUT2D eigenvalue weighted by molar-refractivity contribution is -0.135. The fourth-order valence-electron chi connectivity index (χ4n) is 1.43. The van der Waals surface area contributed by atoms with E-state index >= 15 is 0 Å². The first-order valence-corrected chi connectivity index (χ1v) is 5.07. The number of carboxylic acids is 1. The summed E-state index contributed by atoms with van der Waals surface area (Å²) in [5, 5.41) is 8.48. The lowest BCUT2D eigenvalue weighted by Gasteiger charge is -2.25. The van der Waals surface area contributed by atoms with Crippen LogP contribution in [0.1, 0.15) is 0 Å². The van der Waals surface area contributed by atoms with Gasteiger partial charge in [-0.25, -0.2) is 0 Å². The standard InChI is InChI=1S/C11H12N2O4/c12-11(13-5-10(14)15)9-6-16-7-3-1-2-4-8(7)17-9/h1-4,9H,5-6H2,(H2,12,13)(H,14,15). The van der Waals surface area contributed by atoms with Gasteiger partial charge >= 0.3 is 5.97 Å². The smallest absolute Gasteiger partial charge is 0.325 e.